The smallest absolute Gasteiger partial charge is 0.243 e. The number of carbonyl (C=O) groups excluding carboxylic acids is 1. The molecule has 18 heavy (non-hydrogen) atoms. The van der Waals surface area contributed by atoms with Gasteiger partial charge >= 0.3 is 0 Å². The van der Waals surface area contributed by atoms with Gasteiger partial charge in [-0.15, -0.1) is 0 Å². The molecule has 1 amide bonds. The number of nitrogens with one attached hydrogen (secondary N) is 1. The number of hydrogen-bond donors (Lipinski definition) is 2. The number of ether oxygens (including phenoxy) is 1. The third-order valence-corrected chi connectivity index (χ3v) is 2.53. The standard InChI is InChI=1S/C13H19ClN2O2/c1-4-7-18-11-6-5-9(8-10(11)14)16-12(17)13(2,3)15/h5-6,8H,4,7,15H2,1-3H3,(H,16,17). The van der Waals surface area contributed by atoms with Gasteiger partial charge < -0.3 is 15.8 Å². The van der Waals surface area contributed by atoms with Gasteiger partial charge in [0, 0.05) is 5.69 Å². The highest BCUT2D eigenvalue weighted by Crippen LogP contribution is 2.28. The molecule has 3 N–H and O–H groups in total. The van der Waals surface area contributed by atoms with Crippen LogP contribution in [0.1, 0.15) is 27.2 Å². The molecule has 0 saturated heterocycles. The van der Waals surface area contributed by atoms with Crippen molar-refractivity contribution in [3.8, 4) is 5.75 Å². The van der Waals surface area contributed by atoms with Crippen LogP contribution < -0.4 is 15.8 Å². The summed E-state index contributed by atoms with van der Waals surface area (Å²) in [7, 11) is 0. The second-order valence-corrected chi connectivity index (χ2v) is 5.08. The van der Waals surface area contributed by atoms with Gasteiger partial charge in [0.2, 0.25) is 5.91 Å². The average Bonchev–Trinajstić information content (AvgIpc) is 2.26. The van der Waals surface area contributed by atoms with Crippen molar-refractivity contribution in [1.82, 2.24) is 0 Å². The van der Waals surface area contributed by atoms with Crippen molar-refractivity contribution in [2.24, 2.45) is 5.73 Å². The van der Waals surface area contributed by atoms with Crippen LogP contribution in [0.3, 0.4) is 0 Å². The van der Waals surface area contributed by atoms with E-state index in [2.05, 4.69) is 5.32 Å². The van der Waals surface area contributed by atoms with Crippen LogP contribution in [0.2, 0.25) is 5.02 Å². The average molecular weight is 271 g/mol. The minimum absolute atomic E-state index is 0.263. The topological polar surface area (TPSA) is 64.3 Å². The van der Waals surface area contributed by atoms with Gasteiger partial charge in [0.15, 0.2) is 0 Å². The van der Waals surface area contributed by atoms with E-state index >= 15 is 0 Å². The number of nitrogens with two attached hydrogens (primary N) is 1. The molecule has 0 atom stereocenters. The number of hydrogen-bond acceptors (Lipinski definition) is 3. The first-order valence-electron chi connectivity index (χ1n) is 5.87. The zero-order chi connectivity index (χ0) is 13.8. The van der Waals surface area contributed by atoms with E-state index in [-0.39, 0.29) is 5.91 Å². The summed E-state index contributed by atoms with van der Waals surface area (Å²) >= 11 is 6.06. The second-order valence-electron chi connectivity index (χ2n) is 4.67. The van der Waals surface area contributed by atoms with Crippen molar-refractivity contribution in [3.05, 3.63) is 23.2 Å². The fourth-order valence-corrected chi connectivity index (χ4v) is 1.43. The first kappa shape index (κ1) is 14.8. The largest absolute Gasteiger partial charge is 0.492 e. The van der Waals surface area contributed by atoms with Crippen molar-refractivity contribution in [2.75, 3.05) is 11.9 Å². The van der Waals surface area contributed by atoms with E-state index in [1.165, 1.54) is 0 Å². The summed E-state index contributed by atoms with van der Waals surface area (Å²) in [4.78, 5) is 11.7. The minimum Gasteiger partial charge on any atom is -0.492 e. The lowest BCUT2D eigenvalue weighted by Crippen LogP contribution is -2.45. The highest BCUT2D eigenvalue weighted by Gasteiger charge is 2.21. The van der Waals surface area contributed by atoms with Crippen LogP contribution in [0.15, 0.2) is 18.2 Å². The Bertz CT molecular complexity index is 427. The maximum absolute atomic E-state index is 11.7. The van der Waals surface area contributed by atoms with E-state index in [4.69, 9.17) is 22.1 Å². The highest BCUT2D eigenvalue weighted by molar-refractivity contribution is 6.32. The van der Waals surface area contributed by atoms with E-state index in [1.807, 2.05) is 6.92 Å². The van der Waals surface area contributed by atoms with E-state index < -0.39 is 5.54 Å². The molecule has 0 saturated carbocycles. The first-order valence-corrected chi connectivity index (χ1v) is 6.25. The Labute approximate surface area is 112 Å². The normalized spacial score (nSPS) is 11.2. The Kier molecular flexibility index (Phi) is 4.99. The molecule has 0 aromatic heterocycles. The number of halogens is 1. The molecule has 1 rings (SSSR count). The van der Waals surface area contributed by atoms with Crippen LogP contribution in [0.4, 0.5) is 5.69 Å². The number of carbonyl (C=O) groups is 1. The van der Waals surface area contributed by atoms with Crippen molar-refractivity contribution >= 4 is 23.2 Å². The first-order chi connectivity index (χ1) is 8.34. The van der Waals surface area contributed by atoms with Crippen molar-refractivity contribution in [3.63, 3.8) is 0 Å². The van der Waals surface area contributed by atoms with Crippen molar-refractivity contribution in [2.45, 2.75) is 32.7 Å². The van der Waals surface area contributed by atoms with E-state index in [0.717, 1.165) is 6.42 Å². The summed E-state index contributed by atoms with van der Waals surface area (Å²) in [5.74, 6) is 0.351. The zero-order valence-electron chi connectivity index (χ0n) is 10.9. The van der Waals surface area contributed by atoms with Gasteiger partial charge in [-0.3, -0.25) is 4.79 Å². The minimum atomic E-state index is -0.927. The molecule has 5 heteroatoms. The molecule has 0 unspecified atom stereocenters. The van der Waals surface area contributed by atoms with Crippen LogP contribution in [0.5, 0.6) is 5.75 Å². The van der Waals surface area contributed by atoms with Crippen LogP contribution in [-0.2, 0) is 4.79 Å². The lowest BCUT2D eigenvalue weighted by molar-refractivity contribution is -0.120. The van der Waals surface area contributed by atoms with E-state index in [0.29, 0.717) is 23.1 Å². The molecule has 0 aliphatic rings. The predicted octanol–water partition coefficient (Wildman–Crippen LogP) is 2.80. The highest BCUT2D eigenvalue weighted by atomic mass is 35.5. The molecule has 0 heterocycles. The Hall–Kier alpha value is -1.26. The van der Waals surface area contributed by atoms with Crippen LogP contribution >= 0.6 is 11.6 Å². The van der Waals surface area contributed by atoms with Gasteiger partial charge in [-0.25, -0.2) is 0 Å². The summed E-state index contributed by atoms with van der Waals surface area (Å²) < 4.78 is 5.44. The van der Waals surface area contributed by atoms with Gasteiger partial charge in [0.25, 0.3) is 0 Å². The van der Waals surface area contributed by atoms with E-state index in [1.54, 1.807) is 32.0 Å². The summed E-state index contributed by atoms with van der Waals surface area (Å²) in [5.41, 5.74) is 5.37. The molecule has 0 fully saturated rings. The predicted molar refractivity (Wildman–Crippen MR) is 74.1 cm³/mol. The van der Waals surface area contributed by atoms with Crippen molar-refractivity contribution in [1.29, 1.82) is 0 Å². The van der Waals surface area contributed by atoms with Crippen molar-refractivity contribution < 1.29 is 9.53 Å². The summed E-state index contributed by atoms with van der Waals surface area (Å²) in [6.45, 7) is 5.92. The fourth-order valence-electron chi connectivity index (χ4n) is 1.20. The molecule has 0 bridgehead atoms. The molecule has 0 radical (unpaired) electrons. The van der Waals surface area contributed by atoms with Gasteiger partial charge in [-0.1, -0.05) is 18.5 Å². The Balaban J connectivity index is 2.75. The van der Waals surface area contributed by atoms with Crippen LogP contribution in [0.25, 0.3) is 0 Å². The lowest BCUT2D eigenvalue weighted by atomic mass is 10.1. The quantitative estimate of drug-likeness (QED) is 0.865. The molecule has 1 aromatic carbocycles. The summed E-state index contributed by atoms with van der Waals surface area (Å²) in [6, 6.07) is 5.12. The molecule has 0 aliphatic carbocycles. The zero-order valence-corrected chi connectivity index (χ0v) is 11.7. The van der Waals surface area contributed by atoms with E-state index in [9.17, 15) is 4.79 Å². The summed E-state index contributed by atoms with van der Waals surface area (Å²) in [6.07, 6.45) is 0.913. The number of amides is 1. The molecule has 1 aromatic rings. The molecular weight excluding hydrogens is 252 g/mol. The van der Waals surface area contributed by atoms with Gasteiger partial charge in [-0.2, -0.15) is 0 Å². The second kappa shape index (κ2) is 6.07. The maximum Gasteiger partial charge on any atom is 0.243 e. The lowest BCUT2D eigenvalue weighted by Gasteiger charge is -2.18. The third-order valence-electron chi connectivity index (χ3n) is 2.24. The van der Waals surface area contributed by atoms with Crippen LogP contribution in [-0.4, -0.2) is 18.1 Å². The Morgan fingerprint density at radius 3 is 2.67 bits per heavy atom. The molecule has 100 valence electrons. The number of rotatable bonds is 5. The maximum atomic E-state index is 11.7. The number of benzene rings is 1. The SMILES string of the molecule is CCCOc1ccc(NC(=O)C(C)(C)N)cc1Cl. The molecule has 0 aliphatic heterocycles. The van der Waals surface area contributed by atoms with Gasteiger partial charge in [0.05, 0.1) is 17.2 Å². The van der Waals surface area contributed by atoms with Crippen LogP contribution in [0, 0.1) is 0 Å². The Morgan fingerprint density at radius 1 is 1.50 bits per heavy atom. The molecule has 4 nitrogen and oxygen atoms in total. The van der Waals surface area contributed by atoms with Gasteiger partial charge in [0.1, 0.15) is 5.75 Å². The monoisotopic (exact) mass is 270 g/mol. The Morgan fingerprint density at radius 2 is 2.17 bits per heavy atom. The fraction of sp³-hybridized carbons (Fsp3) is 0.462. The van der Waals surface area contributed by atoms with Gasteiger partial charge in [-0.05, 0) is 38.5 Å². The summed E-state index contributed by atoms with van der Waals surface area (Å²) in [5, 5.41) is 3.17. The number of anilines is 1. The third kappa shape index (κ3) is 4.20. The molecule has 0 spiro atoms. The molecular formula is C13H19ClN2O2.